The SMILES string of the molecule is Cc1ccc(-c2csc(-c3cccc4c3[nH]c(=O)n4C(C)C)n2)c(C)c1. The fraction of sp³-hybridized carbons (Fsp3) is 0.238. The van der Waals surface area contributed by atoms with Crippen molar-refractivity contribution in [1.29, 1.82) is 0 Å². The van der Waals surface area contributed by atoms with E-state index in [-0.39, 0.29) is 11.7 Å². The van der Waals surface area contributed by atoms with Crippen LogP contribution in [0.3, 0.4) is 0 Å². The molecule has 0 radical (unpaired) electrons. The van der Waals surface area contributed by atoms with E-state index >= 15 is 0 Å². The number of benzene rings is 2. The molecule has 26 heavy (non-hydrogen) atoms. The zero-order valence-electron chi connectivity index (χ0n) is 15.3. The molecule has 0 aliphatic rings. The van der Waals surface area contributed by atoms with Gasteiger partial charge in [-0.3, -0.25) is 4.57 Å². The van der Waals surface area contributed by atoms with E-state index in [9.17, 15) is 4.79 Å². The molecule has 0 aliphatic heterocycles. The Bertz CT molecular complexity index is 1160. The lowest BCUT2D eigenvalue weighted by molar-refractivity contribution is 0.598. The largest absolute Gasteiger partial charge is 0.326 e. The Kier molecular flexibility index (Phi) is 4.04. The summed E-state index contributed by atoms with van der Waals surface area (Å²) in [5.41, 5.74) is 7.27. The lowest BCUT2D eigenvalue weighted by atomic mass is 10.0. The molecule has 0 saturated heterocycles. The summed E-state index contributed by atoms with van der Waals surface area (Å²) in [5, 5.41) is 3.01. The smallest absolute Gasteiger partial charge is 0.305 e. The normalized spacial score (nSPS) is 11.6. The fourth-order valence-electron chi connectivity index (χ4n) is 3.46. The van der Waals surface area contributed by atoms with Crippen LogP contribution in [0.4, 0.5) is 0 Å². The first-order chi connectivity index (χ1) is 12.5. The molecule has 0 atom stereocenters. The van der Waals surface area contributed by atoms with Crippen molar-refractivity contribution in [3.63, 3.8) is 0 Å². The molecule has 5 heteroatoms. The topological polar surface area (TPSA) is 50.7 Å². The van der Waals surface area contributed by atoms with Crippen LogP contribution in [0, 0.1) is 13.8 Å². The Morgan fingerprint density at radius 2 is 1.92 bits per heavy atom. The van der Waals surface area contributed by atoms with E-state index in [2.05, 4.69) is 42.4 Å². The highest BCUT2D eigenvalue weighted by molar-refractivity contribution is 7.13. The van der Waals surface area contributed by atoms with Gasteiger partial charge in [-0.1, -0.05) is 29.8 Å². The average Bonchev–Trinajstić information content (AvgIpc) is 3.18. The Morgan fingerprint density at radius 1 is 1.12 bits per heavy atom. The third-order valence-corrected chi connectivity index (χ3v) is 5.54. The van der Waals surface area contributed by atoms with E-state index in [0.717, 1.165) is 32.9 Å². The van der Waals surface area contributed by atoms with Gasteiger partial charge >= 0.3 is 5.69 Å². The minimum absolute atomic E-state index is 0.0754. The van der Waals surface area contributed by atoms with E-state index in [1.807, 2.05) is 32.0 Å². The van der Waals surface area contributed by atoms with Gasteiger partial charge in [0.2, 0.25) is 0 Å². The third-order valence-electron chi connectivity index (χ3n) is 4.66. The molecule has 132 valence electrons. The van der Waals surface area contributed by atoms with Gasteiger partial charge in [0.1, 0.15) is 5.01 Å². The average molecular weight is 363 g/mol. The summed E-state index contributed by atoms with van der Waals surface area (Å²) in [4.78, 5) is 20.2. The minimum Gasteiger partial charge on any atom is -0.305 e. The van der Waals surface area contributed by atoms with Crippen LogP contribution in [0.15, 0.2) is 46.6 Å². The van der Waals surface area contributed by atoms with Gasteiger partial charge in [-0.05, 0) is 45.4 Å². The second-order valence-electron chi connectivity index (χ2n) is 6.95. The van der Waals surface area contributed by atoms with Gasteiger partial charge in [0.05, 0.1) is 16.7 Å². The van der Waals surface area contributed by atoms with Crippen LogP contribution in [-0.2, 0) is 0 Å². The number of H-pyrrole nitrogens is 1. The summed E-state index contributed by atoms with van der Waals surface area (Å²) in [6.45, 7) is 8.24. The zero-order chi connectivity index (χ0) is 18.4. The van der Waals surface area contributed by atoms with Crippen LogP contribution >= 0.6 is 11.3 Å². The Hall–Kier alpha value is -2.66. The van der Waals surface area contributed by atoms with Gasteiger partial charge < -0.3 is 4.98 Å². The number of aromatic amines is 1. The summed E-state index contributed by atoms with van der Waals surface area (Å²) in [5.74, 6) is 0. The number of thiazole rings is 1. The van der Waals surface area contributed by atoms with Gasteiger partial charge in [0.15, 0.2) is 0 Å². The lowest BCUT2D eigenvalue weighted by Crippen LogP contribution is -2.18. The number of nitrogens with one attached hydrogen (secondary N) is 1. The van der Waals surface area contributed by atoms with E-state index in [1.54, 1.807) is 15.9 Å². The Balaban J connectivity index is 1.86. The van der Waals surface area contributed by atoms with Crippen LogP contribution in [0.1, 0.15) is 31.0 Å². The van der Waals surface area contributed by atoms with E-state index < -0.39 is 0 Å². The van der Waals surface area contributed by atoms with Gasteiger partial charge in [-0.2, -0.15) is 0 Å². The second kappa shape index (κ2) is 6.25. The number of nitrogens with zero attached hydrogens (tertiary/aromatic N) is 2. The number of imidazole rings is 1. The Labute approximate surface area is 156 Å². The molecule has 0 unspecified atom stereocenters. The van der Waals surface area contributed by atoms with Crippen molar-refractivity contribution in [2.45, 2.75) is 33.7 Å². The molecule has 4 nitrogen and oxygen atoms in total. The highest BCUT2D eigenvalue weighted by Crippen LogP contribution is 2.34. The maximum absolute atomic E-state index is 12.4. The van der Waals surface area contributed by atoms with Gasteiger partial charge in [0, 0.05) is 22.5 Å². The summed E-state index contributed by atoms with van der Waals surface area (Å²) >= 11 is 1.61. The molecular formula is C21H21N3OS. The van der Waals surface area contributed by atoms with Crippen molar-refractivity contribution in [3.8, 4) is 21.8 Å². The highest BCUT2D eigenvalue weighted by Gasteiger charge is 2.16. The third kappa shape index (κ3) is 2.69. The molecule has 0 saturated carbocycles. The second-order valence-corrected chi connectivity index (χ2v) is 7.81. The first-order valence-corrected chi connectivity index (χ1v) is 9.60. The van der Waals surface area contributed by atoms with Crippen LogP contribution in [0.2, 0.25) is 0 Å². The number of rotatable bonds is 3. The van der Waals surface area contributed by atoms with Gasteiger partial charge in [0.25, 0.3) is 0 Å². The summed E-state index contributed by atoms with van der Waals surface area (Å²) in [6.07, 6.45) is 0. The molecule has 4 aromatic rings. The predicted molar refractivity (Wildman–Crippen MR) is 109 cm³/mol. The molecule has 0 bridgehead atoms. The summed E-state index contributed by atoms with van der Waals surface area (Å²) < 4.78 is 1.79. The van der Waals surface area contributed by atoms with Crippen LogP contribution in [-0.4, -0.2) is 14.5 Å². The number of hydrogen-bond acceptors (Lipinski definition) is 3. The molecule has 1 N–H and O–H groups in total. The number of hydrogen-bond donors (Lipinski definition) is 1. The number of fused-ring (bicyclic) bond motifs is 1. The molecule has 2 aromatic carbocycles. The molecule has 0 fully saturated rings. The van der Waals surface area contributed by atoms with Crippen molar-refractivity contribution in [2.24, 2.45) is 0 Å². The first-order valence-electron chi connectivity index (χ1n) is 8.72. The first kappa shape index (κ1) is 16.8. The zero-order valence-corrected chi connectivity index (χ0v) is 16.1. The van der Waals surface area contributed by atoms with E-state index in [1.165, 1.54) is 11.1 Å². The molecular weight excluding hydrogens is 342 g/mol. The van der Waals surface area contributed by atoms with Crippen molar-refractivity contribution in [1.82, 2.24) is 14.5 Å². The number of para-hydroxylation sites is 1. The maximum Gasteiger partial charge on any atom is 0.326 e. The maximum atomic E-state index is 12.4. The standard InChI is InChI=1S/C21H21N3OS/c1-12(2)24-18-7-5-6-16(19(18)23-21(24)25)20-22-17(11-26-20)15-9-8-13(3)10-14(15)4/h5-12H,1-4H3,(H,23,25). The minimum atomic E-state index is -0.0754. The fourth-order valence-corrected chi connectivity index (χ4v) is 4.31. The van der Waals surface area contributed by atoms with Crippen molar-refractivity contribution in [2.75, 3.05) is 0 Å². The van der Waals surface area contributed by atoms with Crippen LogP contribution < -0.4 is 5.69 Å². The molecule has 2 aromatic heterocycles. The van der Waals surface area contributed by atoms with E-state index in [0.29, 0.717) is 0 Å². The molecule has 2 heterocycles. The van der Waals surface area contributed by atoms with E-state index in [4.69, 9.17) is 4.98 Å². The number of aryl methyl sites for hydroxylation is 2. The van der Waals surface area contributed by atoms with Gasteiger partial charge in [-0.15, -0.1) is 11.3 Å². The number of aromatic nitrogens is 3. The quantitative estimate of drug-likeness (QED) is 0.536. The monoisotopic (exact) mass is 363 g/mol. The molecule has 0 spiro atoms. The predicted octanol–water partition coefficient (Wildman–Crippen LogP) is 5.32. The highest BCUT2D eigenvalue weighted by atomic mass is 32.1. The molecule has 0 amide bonds. The summed E-state index contributed by atoms with van der Waals surface area (Å²) in [6, 6.07) is 12.5. The summed E-state index contributed by atoms with van der Waals surface area (Å²) in [7, 11) is 0. The van der Waals surface area contributed by atoms with Crippen LogP contribution in [0.25, 0.3) is 32.9 Å². The van der Waals surface area contributed by atoms with Crippen molar-refractivity contribution in [3.05, 3.63) is 63.4 Å². The van der Waals surface area contributed by atoms with Crippen molar-refractivity contribution < 1.29 is 0 Å². The molecule has 4 rings (SSSR count). The lowest BCUT2D eigenvalue weighted by Gasteiger charge is -2.07. The van der Waals surface area contributed by atoms with Gasteiger partial charge in [-0.25, -0.2) is 9.78 Å². The Morgan fingerprint density at radius 3 is 2.65 bits per heavy atom. The molecule has 0 aliphatic carbocycles. The van der Waals surface area contributed by atoms with Crippen molar-refractivity contribution >= 4 is 22.4 Å². The van der Waals surface area contributed by atoms with Crippen LogP contribution in [0.5, 0.6) is 0 Å².